The van der Waals surface area contributed by atoms with Gasteiger partial charge in [-0.1, -0.05) is 37.5 Å². The fourth-order valence-corrected chi connectivity index (χ4v) is 1.02. The number of rotatable bonds is 5. The molecule has 0 spiro atoms. The lowest BCUT2D eigenvalue weighted by molar-refractivity contribution is 0.293. The van der Waals surface area contributed by atoms with Crippen molar-refractivity contribution in [3.63, 3.8) is 0 Å². The van der Waals surface area contributed by atoms with Crippen LogP contribution in [0.25, 0.3) is 0 Å². The lowest BCUT2D eigenvalue weighted by Crippen LogP contribution is -1.86. The highest BCUT2D eigenvalue weighted by atomic mass is 16.5. The van der Waals surface area contributed by atoms with Crippen LogP contribution in [0.2, 0.25) is 0 Å². The Morgan fingerprint density at radius 2 is 1.86 bits per heavy atom. The monoisotopic (exact) mass is 190 g/mol. The van der Waals surface area contributed by atoms with Gasteiger partial charge in [-0.25, -0.2) is 0 Å². The van der Waals surface area contributed by atoms with E-state index in [1.54, 1.807) is 19.3 Å². The Bertz CT molecular complexity index is 290. The first-order valence-corrected chi connectivity index (χ1v) is 4.53. The number of allylic oxidation sites excluding steroid dienone is 8. The van der Waals surface area contributed by atoms with Crippen LogP contribution in [0.5, 0.6) is 0 Å². The molecule has 0 unspecified atom stereocenters. The van der Waals surface area contributed by atoms with Gasteiger partial charge in [-0.05, 0) is 31.1 Å². The zero-order valence-corrected chi connectivity index (χ0v) is 9.21. The summed E-state index contributed by atoms with van der Waals surface area (Å²) in [5.41, 5.74) is 2.12. The summed E-state index contributed by atoms with van der Waals surface area (Å²) >= 11 is 0. The first kappa shape index (κ1) is 12.5. The highest BCUT2D eigenvalue weighted by Crippen LogP contribution is 2.15. The van der Waals surface area contributed by atoms with Gasteiger partial charge >= 0.3 is 0 Å². The normalized spacial score (nSPS) is 13.8. The summed E-state index contributed by atoms with van der Waals surface area (Å²) in [4.78, 5) is 0. The minimum absolute atomic E-state index is 0.870. The summed E-state index contributed by atoms with van der Waals surface area (Å²) in [5.74, 6) is 0.870. The van der Waals surface area contributed by atoms with Gasteiger partial charge < -0.3 is 4.74 Å². The van der Waals surface area contributed by atoms with Gasteiger partial charge in [-0.2, -0.15) is 0 Å². The van der Waals surface area contributed by atoms with Crippen LogP contribution in [0.1, 0.15) is 13.8 Å². The molecule has 0 fully saturated rings. The average Bonchev–Trinajstić information content (AvgIpc) is 2.22. The van der Waals surface area contributed by atoms with Gasteiger partial charge in [0.25, 0.3) is 0 Å². The number of hydrogen-bond acceptors (Lipinski definition) is 1. The van der Waals surface area contributed by atoms with Gasteiger partial charge in [-0.15, -0.1) is 0 Å². The fraction of sp³-hybridized carbons (Fsp3) is 0.231. The third kappa shape index (κ3) is 3.94. The summed E-state index contributed by atoms with van der Waals surface area (Å²) in [5, 5.41) is 0. The molecule has 0 saturated heterocycles. The Kier molecular flexibility index (Phi) is 6.21. The van der Waals surface area contributed by atoms with Crippen LogP contribution in [0, 0.1) is 0 Å². The molecule has 0 saturated carbocycles. The summed E-state index contributed by atoms with van der Waals surface area (Å²) in [6.45, 7) is 11.3. The Balaban J connectivity index is 4.99. The number of ether oxygens (including phenoxy) is 1. The Labute approximate surface area is 86.8 Å². The predicted octanol–water partition coefficient (Wildman–Crippen LogP) is 3.78. The second-order valence-electron chi connectivity index (χ2n) is 2.76. The van der Waals surface area contributed by atoms with E-state index in [-0.39, 0.29) is 0 Å². The zero-order chi connectivity index (χ0) is 11.0. The van der Waals surface area contributed by atoms with Gasteiger partial charge in [0.15, 0.2) is 0 Å². The molecule has 1 nitrogen and oxygen atoms in total. The van der Waals surface area contributed by atoms with Crippen molar-refractivity contribution in [3.05, 3.63) is 60.4 Å². The van der Waals surface area contributed by atoms with E-state index < -0.39 is 0 Å². The van der Waals surface area contributed by atoms with E-state index in [0.717, 1.165) is 16.9 Å². The summed E-state index contributed by atoms with van der Waals surface area (Å²) < 4.78 is 5.09. The van der Waals surface area contributed by atoms with Crippen LogP contribution >= 0.6 is 0 Å². The molecule has 0 aliphatic heterocycles. The van der Waals surface area contributed by atoms with Crippen molar-refractivity contribution >= 4 is 0 Å². The van der Waals surface area contributed by atoms with E-state index >= 15 is 0 Å². The SMILES string of the molecule is C=C\C=C(C=C)/C(=C\C)/C=C(\C)OC. The van der Waals surface area contributed by atoms with Crippen molar-refractivity contribution < 1.29 is 4.74 Å². The van der Waals surface area contributed by atoms with Crippen molar-refractivity contribution in [3.8, 4) is 0 Å². The van der Waals surface area contributed by atoms with Crippen LogP contribution in [0.4, 0.5) is 0 Å². The van der Waals surface area contributed by atoms with Crippen LogP contribution in [0.3, 0.4) is 0 Å². The van der Waals surface area contributed by atoms with E-state index in [1.165, 1.54) is 0 Å². The largest absolute Gasteiger partial charge is 0.501 e. The van der Waals surface area contributed by atoms with Crippen molar-refractivity contribution in [1.82, 2.24) is 0 Å². The molecular weight excluding hydrogens is 172 g/mol. The quantitative estimate of drug-likeness (QED) is 0.473. The molecule has 0 N–H and O–H groups in total. The van der Waals surface area contributed by atoms with E-state index in [4.69, 9.17) is 4.74 Å². The van der Waals surface area contributed by atoms with E-state index in [2.05, 4.69) is 13.2 Å². The Morgan fingerprint density at radius 3 is 2.21 bits per heavy atom. The molecule has 0 bridgehead atoms. The zero-order valence-electron chi connectivity index (χ0n) is 9.21. The molecular formula is C13H18O. The second kappa shape index (κ2) is 6.96. The molecule has 76 valence electrons. The minimum atomic E-state index is 0.870. The predicted molar refractivity (Wildman–Crippen MR) is 63.0 cm³/mol. The summed E-state index contributed by atoms with van der Waals surface area (Å²) in [6.07, 6.45) is 9.45. The molecule has 0 aromatic carbocycles. The van der Waals surface area contributed by atoms with E-state index in [9.17, 15) is 0 Å². The lowest BCUT2D eigenvalue weighted by atomic mass is 10.0. The fourth-order valence-electron chi connectivity index (χ4n) is 1.02. The molecule has 0 rings (SSSR count). The van der Waals surface area contributed by atoms with Crippen LogP contribution < -0.4 is 0 Å². The van der Waals surface area contributed by atoms with Gasteiger partial charge in [0, 0.05) is 0 Å². The average molecular weight is 190 g/mol. The topological polar surface area (TPSA) is 9.23 Å². The van der Waals surface area contributed by atoms with E-state index in [1.807, 2.05) is 32.1 Å². The number of methoxy groups -OCH3 is 1. The molecule has 0 radical (unpaired) electrons. The van der Waals surface area contributed by atoms with Gasteiger partial charge in [0.05, 0.1) is 12.9 Å². The third-order valence-electron chi connectivity index (χ3n) is 1.84. The van der Waals surface area contributed by atoms with Gasteiger partial charge in [0.1, 0.15) is 0 Å². The molecule has 0 aromatic heterocycles. The molecule has 0 aliphatic carbocycles. The molecule has 1 heteroatoms. The molecule has 0 aliphatic rings. The Morgan fingerprint density at radius 1 is 1.21 bits per heavy atom. The molecule has 0 heterocycles. The van der Waals surface area contributed by atoms with Crippen molar-refractivity contribution in [2.24, 2.45) is 0 Å². The highest BCUT2D eigenvalue weighted by Gasteiger charge is 1.97. The highest BCUT2D eigenvalue weighted by molar-refractivity contribution is 5.47. The first-order chi connectivity index (χ1) is 6.69. The van der Waals surface area contributed by atoms with Crippen LogP contribution in [0.15, 0.2) is 60.4 Å². The first-order valence-electron chi connectivity index (χ1n) is 4.53. The molecule has 14 heavy (non-hydrogen) atoms. The maximum absolute atomic E-state index is 5.09. The number of hydrogen-bond donors (Lipinski definition) is 0. The van der Waals surface area contributed by atoms with Gasteiger partial charge in [0.2, 0.25) is 0 Å². The van der Waals surface area contributed by atoms with Gasteiger partial charge in [-0.3, -0.25) is 0 Å². The maximum Gasteiger partial charge on any atom is 0.0930 e. The lowest BCUT2D eigenvalue weighted by Gasteiger charge is -2.04. The van der Waals surface area contributed by atoms with E-state index in [0.29, 0.717) is 0 Å². The second-order valence-corrected chi connectivity index (χ2v) is 2.76. The third-order valence-corrected chi connectivity index (χ3v) is 1.84. The standard InChI is InChI=1S/C13H18O/c1-6-9-12(7-2)13(8-3)10-11(4)14-5/h6-10H,1-2H2,3-5H3/b11-10+,12-9-,13-8-. The van der Waals surface area contributed by atoms with Crippen molar-refractivity contribution in [2.75, 3.05) is 7.11 Å². The summed E-state index contributed by atoms with van der Waals surface area (Å²) in [7, 11) is 1.66. The van der Waals surface area contributed by atoms with Crippen molar-refractivity contribution in [1.29, 1.82) is 0 Å². The summed E-state index contributed by atoms with van der Waals surface area (Å²) in [6, 6.07) is 0. The Hall–Kier alpha value is -1.50. The molecule has 0 atom stereocenters. The molecule has 0 amide bonds. The van der Waals surface area contributed by atoms with Crippen LogP contribution in [-0.2, 0) is 4.74 Å². The van der Waals surface area contributed by atoms with Crippen molar-refractivity contribution in [2.45, 2.75) is 13.8 Å². The van der Waals surface area contributed by atoms with Crippen LogP contribution in [-0.4, -0.2) is 7.11 Å². The molecule has 0 aromatic rings. The minimum Gasteiger partial charge on any atom is -0.501 e. The maximum atomic E-state index is 5.09. The smallest absolute Gasteiger partial charge is 0.0930 e.